The van der Waals surface area contributed by atoms with Gasteiger partial charge in [0.05, 0.1) is 24.9 Å². The van der Waals surface area contributed by atoms with E-state index in [-0.39, 0.29) is 17.2 Å². The van der Waals surface area contributed by atoms with E-state index in [1.165, 1.54) is 26.4 Å². The Morgan fingerprint density at radius 3 is 2.29 bits per heavy atom. The summed E-state index contributed by atoms with van der Waals surface area (Å²) < 4.78 is 14.5. The van der Waals surface area contributed by atoms with Crippen molar-refractivity contribution in [1.82, 2.24) is 0 Å². The van der Waals surface area contributed by atoms with E-state index in [1.807, 2.05) is 0 Å². The van der Waals surface area contributed by atoms with Gasteiger partial charge in [0.15, 0.2) is 5.92 Å². The molecule has 0 aliphatic carbocycles. The third-order valence-corrected chi connectivity index (χ3v) is 4.24. The number of benzene rings is 2. The van der Waals surface area contributed by atoms with Crippen molar-refractivity contribution >= 4 is 46.9 Å². The van der Waals surface area contributed by atoms with Crippen LogP contribution in [0.1, 0.15) is 5.56 Å². The monoisotopic (exact) mass is 425 g/mol. The second kappa shape index (κ2) is 9.96. The van der Waals surface area contributed by atoms with Crippen LogP contribution in [0.5, 0.6) is 5.75 Å². The molecule has 2 aromatic rings. The van der Waals surface area contributed by atoms with Gasteiger partial charge in [-0.2, -0.15) is 0 Å². The summed E-state index contributed by atoms with van der Waals surface area (Å²) >= 11 is 11.8. The van der Waals surface area contributed by atoms with Gasteiger partial charge in [-0.05, 0) is 42.3 Å². The largest absolute Gasteiger partial charge is 0.468 e. The normalized spacial score (nSPS) is 10.3. The van der Waals surface area contributed by atoms with Crippen molar-refractivity contribution in [2.24, 2.45) is 5.92 Å². The molecule has 9 heteroatoms. The Morgan fingerprint density at radius 2 is 1.68 bits per heavy atom. The molecule has 0 fully saturated rings. The standard InChI is InChI=1S/C19H17Cl2NO6/c1-26-17(23)14(18(24)27-2)9-11-4-3-5-13(8-11)28-19(25)22-16-7-6-12(20)10-15(16)21/h3-8,10,14H,9H2,1-2H3,(H,22,25). The molecule has 0 aliphatic rings. The molecular weight excluding hydrogens is 409 g/mol. The number of hydrogen-bond acceptors (Lipinski definition) is 6. The topological polar surface area (TPSA) is 90.9 Å². The second-order valence-corrected chi connectivity index (χ2v) is 6.43. The van der Waals surface area contributed by atoms with Gasteiger partial charge in [0.25, 0.3) is 0 Å². The lowest BCUT2D eigenvalue weighted by molar-refractivity contribution is -0.158. The summed E-state index contributed by atoms with van der Waals surface area (Å²) in [6.45, 7) is 0. The van der Waals surface area contributed by atoms with Crippen molar-refractivity contribution < 1.29 is 28.6 Å². The van der Waals surface area contributed by atoms with Crippen molar-refractivity contribution in [3.8, 4) is 5.75 Å². The van der Waals surface area contributed by atoms with Crippen LogP contribution >= 0.6 is 23.2 Å². The van der Waals surface area contributed by atoms with Gasteiger partial charge in [-0.3, -0.25) is 14.9 Å². The molecule has 2 aromatic carbocycles. The maximum absolute atomic E-state index is 12.1. The van der Waals surface area contributed by atoms with Crippen LogP contribution in [-0.4, -0.2) is 32.3 Å². The third kappa shape index (κ3) is 5.87. The van der Waals surface area contributed by atoms with Crippen LogP contribution in [0.25, 0.3) is 0 Å². The summed E-state index contributed by atoms with van der Waals surface area (Å²) in [4.78, 5) is 35.7. The molecule has 0 spiro atoms. The van der Waals surface area contributed by atoms with Crippen LogP contribution in [0.3, 0.4) is 0 Å². The molecule has 2 rings (SSSR count). The quantitative estimate of drug-likeness (QED) is 0.552. The Hall–Kier alpha value is -2.77. The van der Waals surface area contributed by atoms with Gasteiger partial charge in [0.1, 0.15) is 5.75 Å². The molecule has 0 bridgehead atoms. The molecule has 0 aromatic heterocycles. The number of carbonyl (C=O) groups is 3. The first-order valence-corrected chi connectivity index (χ1v) is 8.78. The summed E-state index contributed by atoms with van der Waals surface area (Å²) in [6.07, 6.45) is -0.736. The van der Waals surface area contributed by atoms with E-state index >= 15 is 0 Å². The molecular formula is C19H17Cl2NO6. The number of halogens is 2. The Bertz CT molecular complexity index is 870. The highest BCUT2D eigenvalue weighted by atomic mass is 35.5. The fraction of sp³-hybridized carbons (Fsp3) is 0.211. The minimum atomic E-state index is -1.12. The minimum Gasteiger partial charge on any atom is -0.468 e. The minimum absolute atomic E-state index is 0.0289. The van der Waals surface area contributed by atoms with Gasteiger partial charge in [0.2, 0.25) is 0 Å². The fourth-order valence-electron chi connectivity index (χ4n) is 2.35. The van der Waals surface area contributed by atoms with Gasteiger partial charge < -0.3 is 14.2 Å². The first-order chi connectivity index (χ1) is 13.3. The van der Waals surface area contributed by atoms with Gasteiger partial charge in [-0.1, -0.05) is 35.3 Å². The highest BCUT2D eigenvalue weighted by molar-refractivity contribution is 6.36. The Morgan fingerprint density at radius 1 is 1.00 bits per heavy atom. The molecule has 0 saturated heterocycles. The lowest BCUT2D eigenvalue weighted by Crippen LogP contribution is -2.28. The number of carbonyl (C=O) groups excluding carboxylic acids is 3. The molecule has 0 radical (unpaired) electrons. The van der Waals surface area contributed by atoms with E-state index in [9.17, 15) is 14.4 Å². The number of anilines is 1. The zero-order valence-electron chi connectivity index (χ0n) is 15.0. The summed E-state index contributed by atoms with van der Waals surface area (Å²) in [7, 11) is 2.37. The number of amides is 1. The molecule has 1 N–H and O–H groups in total. The number of nitrogens with one attached hydrogen (secondary N) is 1. The van der Waals surface area contributed by atoms with Crippen molar-refractivity contribution in [1.29, 1.82) is 0 Å². The van der Waals surface area contributed by atoms with E-state index in [4.69, 9.17) is 27.9 Å². The van der Waals surface area contributed by atoms with Crippen molar-refractivity contribution in [2.45, 2.75) is 6.42 Å². The molecule has 0 saturated carbocycles. The predicted molar refractivity (Wildman–Crippen MR) is 104 cm³/mol. The van der Waals surface area contributed by atoms with E-state index in [0.717, 1.165) is 0 Å². The molecule has 0 unspecified atom stereocenters. The maximum atomic E-state index is 12.1. The molecule has 0 atom stereocenters. The molecule has 148 valence electrons. The smallest absolute Gasteiger partial charge is 0.417 e. The number of hydrogen-bond donors (Lipinski definition) is 1. The third-order valence-electron chi connectivity index (χ3n) is 3.69. The van der Waals surface area contributed by atoms with Crippen LogP contribution in [0.4, 0.5) is 10.5 Å². The van der Waals surface area contributed by atoms with Crippen LogP contribution < -0.4 is 10.1 Å². The lowest BCUT2D eigenvalue weighted by atomic mass is 9.99. The fourth-order valence-corrected chi connectivity index (χ4v) is 2.81. The molecule has 0 aliphatic heterocycles. The first kappa shape index (κ1) is 21.5. The van der Waals surface area contributed by atoms with Gasteiger partial charge in [-0.15, -0.1) is 0 Å². The second-order valence-electron chi connectivity index (χ2n) is 5.59. The van der Waals surface area contributed by atoms with E-state index < -0.39 is 23.9 Å². The van der Waals surface area contributed by atoms with Crippen molar-refractivity contribution in [2.75, 3.05) is 19.5 Å². The molecule has 28 heavy (non-hydrogen) atoms. The molecule has 7 nitrogen and oxygen atoms in total. The van der Waals surface area contributed by atoms with Gasteiger partial charge in [-0.25, -0.2) is 4.79 Å². The zero-order chi connectivity index (χ0) is 20.7. The maximum Gasteiger partial charge on any atom is 0.417 e. The average Bonchev–Trinajstić information content (AvgIpc) is 2.67. The van der Waals surface area contributed by atoms with E-state index in [0.29, 0.717) is 16.3 Å². The Kier molecular flexibility index (Phi) is 7.66. The molecule has 1 amide bonds. The lowest BCUT2D eigenvalue weighted by Gasteiger charge is -2.13. The molecule has 0 heterocycles. The van der Waals surface area contributed by atoms with Crippen LogP contribution in [0.2, 0.25) is 10.0 Å². The van der Waals surface area contributed by atoms with Crippen LogP contribution in [0.15, 0.2) is 42.5 Å². The summed E-state index contributed by atoms with van der Waals surface area (Å²) in [5.41, 5.74) is 0.916. The first-order valence-electron chi connectivity index (χ1n) is 8.02. The Balaban J connectivity index is 2.08. The summed E-state index contributed by atoms with van der Waals surface area (Å²) in [6, 6.07) is 11.0. The van der Waals surface area contributed by atoms with Crippen LogP contribution in [0, 0.1) is 5.92 Å². The van der Waals surface area contributed by atoms with Gasteiger partial charge >= 0.3 is 18.0 Å². The van der Waals surface area contributed by atoms with Crippen molar-refractivity contribution in [3.63, 3.8) is 0 Å². The number of ether oxygens (including phenoxy) is 3. The summed E-state index contributed by atoms with van der Waals surface area (Å²) in [5, 5.41) is 3.19. The van der Waals surface area contributed by atoms with Crippen LogP contribution in [-0.2, 0) is 25.5 Å². The zero-order valence-corrected chi connectivity index (χ0v) is 16.5. The number of methoxy groups -OCH3 is 2. The predicted octanol–water partition coefficient (Wildman–Crippen LogP) is 4.11. The van der Waals surface area contributed by atoms with Gasteiger partial charge in [0, 0.05) is 5.02 Å². The SMILES string of the molecule is COC(=O)C(Cc1cccc(OC(=O)Nc2ccc(Cl)cc2Cl)c1)C(=O)OC. The average molecular weight is 426 g/mol. The highest BCUT2D eigenvalue weighted by Gasteiger charge is 2.29. The van der Waals surface area contributed by atoms with E-state index in [2.05, 4.69) is 14.8 Å². The number of esters is 2. The highest BCUT2D eigenvalue weighted by Crippen LogP contribution is 2.26. The van der Waals surface area contributed by atoms with Crippen molar-refractivity contribution in [3.05, 3.63) is 58.1 Å². The Labute approximate surface area is 171 Å². The van der Waals surface area contributed by atoms with E-state index in [1.54, 1.807) is 30.3 Å². The summed E-state index contributed by atoms with van der Waals surface area (Å²) in [5.74, 6) is -2.33. The number of rotatable bonds is 6.